The third kappa shape index (κ3) is 3.88. The number of piperidine rings is 1. The normalized spacial score (nSPS) is 19.7. The van der Waals surface area contributed by atoms with E-state index in [2.05, 4.69) is 10.6 Å². The molecule has 2 atom stereocenters. The molecule has 0 aliphatic carbocycles. The van der Waals surface area contributed by atoms with Crippen LogP contribution in [0.1, 0.15) is 31.4 Å². The minimum Gasteiger partial charge on any atom is -0.497 e. The third-order valence-corrected chi connectivity index (χ3v) is 3.93. The van der Waals surface area contributed by atoms with Crippen LogP contribution in [-0.2, 0) is 4.79 Å². The predicted octanol–water partition coefficient (Wildman–Crippen LogP) is 1.88. The Bertz CT molecular complexity index is 484. The fourth-order valence-corrected chi connectivity index (χ4v) is 2.66. The summed E-state index contributed by atoms with van der Waals surface area (Å²) in [7, 11) is 3.24. The highest BCUT2D eigenvalue weighted by atomic mass is 16.5. The van der Waals surface area contributed by atoms with Gasteiger partial charge < -0.3 is 20.1 Å². The van der Waals surface area contributed by atoms with E-state index in [0.717, 1.165) is 43.0 Å². The Balaban J connectivity index is 2.05. The second-order valence-corrected chi connectivity index (χ2v) is 5.38. The van der Waals surface area contributed by atoms with Gasteiger partial charge in [-0.3, -0.25) is 4.79 Å². The predicted molar refractivity (Wildman–Crippen MR) is 81.7 cm³/mol. The Morgan fingerprint density at radius 2 is 2.19 bits per heavy atom. The zero-order chi connectivity index (χ0) is 15.2. The average Bonchev–Trinajstić information content (AvgIpc) is 2.54. The topological polar surface area (TPSA) is 59.6 Å². The molecule has 116 valence electrons. The van der Waals surface area contributed by atoms with Crippen LogP contribution in [0.5, 0.6) is 11.5 Å². The van der Waals surface area contributed by atoms with Gasteiger partial charge >= 0.3 is 0 Å². The summed E-state index contributed by atoms with van der Waals surface area (Å²) < 4.78 is 10.6. The fourth-order valence-electron chi connectivity index (χ4n) is 2.66. The van der Waals surface area contributed by atoms with Gasteiger partial charge in [0.25, 0.3) is 0 Å². The van der Waals surface area contributed by atoms with Crippen LogP contribution in [-0.4, -0.2) is 33.2 Å². The summed E-state index contributed by atoms with van der Waals surface area (Å²) in [5.41, 5.74) is 0.954. The summed E-state index contributed by atoms with van der Waals surface area (Å²) in [6.07, 6.45) is 2.00. The fraction of sp³-hybridized carbons (Fsp3) is 0.562. The molecule has 1 aliphatic rings. The van der Waals surface area contributed by atoms with E-state index in [-0.39, 0.29) is 17.9 Å². The van der Waals surface area contributed by atoms with Crippen LogP contribution in [0.15, 0.2) is 18.2 Å². The summed E-state index contributed by atoms with van der Waals surface area (Å²) in [5, 5.41) is 6.34. The second-order valence-electron chi connectivity index (χ2n) is 5.38. The molecule has 0 bridgehead atoms. The number of benzene rings is 1. The number of ether oxygens (including phenoxy) is 2. The lowest BCUT2D eigenvalue weighted by Gasteiger charge is -2.25. The first-order valence-corrected chi connectivity index (χ1v) is 7.38. The maximum Gasteiger partial charge on any atom is 0.224 e. The van der Waals surface area contributed by atoms with Crippen molar-refractivity contribution in [3.8, 4) is 11.5 Å². The lowest BCUT2D eigenvalue weighted by Crippen LogP contribution is -2.41. The summed E-state index contributed by atoms with van der Waals surface area (Å²) in [6.45, 7) is 3.74. The van der Waals surface area contributed by atoms with E-state index in [1.54, 1.807) is 14.2 Å². The van der Waals surface area contributed by atoms with Crippen molar-refractivity contribution in [1.29, 1.82) is 0 Å². The molecule has 21 heavy (non-hydrogen) atoms. The molecule has 1 amide bonds. The van der Waals surface area contributed by atoms with Gasteiger partial charge in [-0.1, -0.05) is 0 Å². The first-order chi connectivity index (χ1) is 10.2. The summed E-state index contributed by atoms with van der Waals surface area (Å²) in [6, 6.07) is 5.55. The third-order valence-electron chi connectivity index (χ3n) is 3.93. The summed E-state index contributed by atoms with van der Waals surface area (Å²) >= 11 is 0. The number of hydrogen-bond donors (Lipinski definition) is 2. The lowest BCUT2D eigenvalue weighted by atomic mass is 9.97. The van der Waals surface area contributed by atoms with Crippen molar-refractivity contribution in [3.63, 3.8) is 0 Å². The van der Waals surface area contributed by atoms with Crippen molar-refractivity contribution < 1.29 is 14.3 Å². The number of methoxy groups -OCH3 is 2. The lowest BCUT2D eigenvalue weighted by molar-refractivity contribution is -0.126. The molecule has 1 fully saturated rings. The van der Waals surface area contributed by atoms with Crippen LogP contribution < -0.4 is 20.1 Å². The molecule has 1 aromatic carbocycles. The number of carbonyl (C=O) groups is 1. The smallest absolute Gasteiger partial charge is 0.224 e. The number of nitrogens with one attached hydrogen (secondary N) is 2. The molecular formula is C16H24N2O3. The highest BCUT2D eigenvalue weighted by Gasteiger charge is 2.23. The first kappa shape index (κ1) is 15.6. The molecule has 0 radical (unpaired) electrons. The monoisotopic (exact) mass is 292 g/mol. The minimum absolute atomic E-state index is 0.0606. The van der Waals surface area contributed by atoms with Gasteiger partial charge in [-0.2, -0.15) is 0 Å². The van der Waals surface area contributed by atoms with Gasteiger partial charge in [-0.05, 0) is 38.4 Å². The number of hydrogen-bond acceptors (Lipinski definition) is 4. The van der Waals surface area contributed by atoms with Gasteiger partial charge in [0.2, 0.25) is 5.91 Å². The van der Waals surface area contributed by atoms with E-state index in [1.165, 1.54) is 0 Å². The molecule has 0 aromatic heterocycles. The molecule has 0 saturated carbocycles. The molecule has 5 heteroatoms. The molecule has 1 aliphatic heterocycles. The van der Waals surface area contributed by atoms with E-state index in [1.807, 2.05) is 25.1 Å². The van der Waals surface area contributed by atoms with Crippen molar-refractivity contribution in [2.24, 2.45) is 5.92 Å². The quantitative estimate of drug-likeness (QED) is 0.870. The van der Waals surface area contributed by atoms with E-state index >= 15 is 0 Å². The van der Waals surface area contributed by atoms with Crippen LogP contribution in [0.25, 0.3) is 0 Å². The van der Waals surface area contributed by atoms with Crippen LogP contribution in [0.2, 0.25) is 0 Å². The molecular weight excluding hydrogens is 268 g/mol. The number of carbonyl (C=O) groups excluding carboxylic acids is 1. The SMILES string of the molecule is COc1ccc(C(C)NC(=O)C2CCCNC2)c(OC)c1. The van der Waals surface area contributed by atoms with Crippen molar-refractivity contribution in [3.05, 3.63) is 23.8 Å². The number of rotatable bonds is 5. The Hall–Kier alpha value is -1.75. The zero-order valence-corrected chi connectivity index (χ0v) is 12.9. The standard InChI is InChI=1S/C16H24N2O3/c1-11(18-16(19)12-5-4-8-17-10-12)14-7-6-13(20-2)9-15(14)21-3/h6-7,9,11-12,17H,4-5,8,10H2,1-3H3,(H,18,19). The zero-order valence-electron chi connectivity index (χ0n) is 12.9. The van der Waals surface area contributed by atoms with E-state index in [4.69, 9.17) is 9.47 Å². The highest BCUT2D eigenvalue weighted by Crippen LogP contribution is 2.29. The first-order valence-electron chi connectivity index (χ1n) is 7.38. The van der Waals surface area contributed by atoms with Gasteiger partial charge in [0, 0.05) is 18.2 Å². The van der Waals surface area contributed by atoms with Gasteiger partial charge in [0.15, 0.2) is 0 Å². The van der Waals surface area contributed by atoms with Gasteiger partial charge in [0.05, 0.1) is 26.2 Å². The second kappa shape index (κ2) is 7.31. The molecule has 1 saturated heterocycles. The highest BCUT2D eigenvalue weighted by molar-refractivity contribution is 5.79. The van der Waals surface area contributed by atoms with Gasteiger partial charge in [-0.25, -0.2) is 0 Å². The largest absolute Gasteiger partial charge is 0.497 e. The molecule has 2 N–H and O–H groups in total. The molecule has 2 rings (SSSR count). The molecule has 1 heterocycles. The maximum atomic E-state index is 12.3. The van der Waals surface area contributed by atoms with Crippen molar-refractivity contribution in [2.45, 2.75) is 25.8 Å². The Morgan fingerprint density at radius 1 is 1.38 bits per heavy atom. The van der Waals surface area contributed by atoms with Crippen molar-refractivity contribution in [1.82, 2.24) is 10.6 Å². The summed E-state index contributed by atoms with van der Waals surface area (Å²) in [4.78, 5) is 12.3. The molecule has 1 aromatic rings. The maximum absolute atomic E-state index is 12.3. The van der Waals surface area contributed by atoms with E-state index < -0.39 is 0 Å². The minimum atomic E-state index is -0.0970. The number of amides is 1. The van der Waals surface area contributed by atoms with E-state index in [9.17, 15) is 4.79 Å². The molecule has 2 unspecified atom stereocenters. The Kier molecular flexibility index (Phi) is 5.44. The molecule has 5 nitrogen and oxygen atoms in total. The van der Waals surface area contributed by atoms with Crippen molar-refractivity contribution >= 4 is 5.91 Å². The van der Waals surface area contributed by atoms with Crippen LogP contribution in [0.3, 0.4) is 0 Å². The van der Waals surface area contributed by atoms with Crippen LogP contribution >= 0.6 is 0 Å². The van der Waals surface area contributed by atoms with Gasteiger partial charge in [0.1, 0.15) is 11.5 Å². The van der Waals surface area contributed by atoms with Gasteiger partial charge in [-0.15, -0.1) is 0 Å². The average molecular weight is 292 g/mol. The van der Waals surface area contributed by atoms with Crippen LogP contribution in [0, 0.1) is 5.92 Å². The Morgan fingerprint density at radius 3 is 2.81 bits per heavy atom. The van der Waals surface area contributed by atoms with E-state index in [0.29, 0.717) is 0 Å². The van der Waals surface area contributed by atoms with Crippen molar-refractivity contribution in [2.75, 3.05) is 27.3 Å². The Labute approximate surface area is 126 Å². The molecule has 0 spiro atoms. The van der Waals surface area contributed by atoms with Crippen LogP contribution in [0.4, 0.5) is 0 Å². The summed E-state index contributed by atoms with van der Waals surface area (Å²) in [5.74, 6) is 1.63.